The van der Waals surface area contributed by atoms with Gasteiger partial charge >= 0.3 is 11.7 Å². The van der Waals surface area contributed by atoms with E-state index in [-0.39, 0.29) is 49.1 Å². The molecule has 0 radical (unpaired) electrons. The van der Waals surface area contributed by atoms with Crippen LogP contribution in [0.5, 0.6) is 0 Å². The van der Waals surface area contributed by atoms with E-state index in [1.807, 2.05) is 11.8 Å². The number of piperazine rings is 1. The second-order valence-corrected chi connectivity index (χ2v) is 10.9. The first-order chi connectivity index (χ1) is 20.7. The first-order valence-electron chi connectivity index (χ1n) is 14.5. The summed E-state index contributed by atoms with van der Waals surface area (Å²) in [5.41, 5.74) is 2.47. The van der Waals surface area contributed by atoms with Crippen molar-refractivity contribution in [1.29, 1.82) is 0 Å². The summed E-state index contributed by atoms with van der Waals surface area (Å²) in [5.74, 6) is -1.17. The topological polar surface area (TPSA) is 97.1 Å². The van der Waals surface area contributed by atoms with Crippen LogP contribution >= 0.6 is 0 Å². The molecule has 9 nitrogen and oxygen atoms in total. The molecule has 3 heterocycles. The molecule has 0 amide bonds. The highest BCUT2D eigenvalue weighted by molar-refractivity contribution is 6.04. The van der Waals surface area contributed by atoms with E-state index >= 15 is 0 Å². The third-order valence-corrected chi connectivity index (χ3v) is 8.22. The van der Waals surface area contributed by atoms with Gasteiger partial charge in [0.25, 0.3) is 0 Å². The van der Waals surface area contributed by atoms with Crippen LogP contribution < -0.4 is 10.6 Å². The average molecular weight is 592 g/mol. The van der Waals surface area contributed by atoms with Gasteiger partial charge in [0.15, 0.2) is 0 Å². The fourth-order valence-corrected chi connectivity index (χ4v) is 6.17. The lowest BCUT2D eigenvalue weighted by atomic mass is 9.82. The monoisotopic (exact) mass is 591 g/mol. The Balaban J connectivity index is 1.49. The number of hydrogen-bond donors (Lipinski definition) is 0. The van der Waals surface area contributed by atoms with Crippen molar-refractivity contribution in [3.63, 3.8) is 0 Å². The molecule has 0 saturated carbocycles. The SMILES string of the molecule is CCOC(=O)C1C(C)=Nc2c(c(N3CCN(C(c4ccc(F)cc4)c4ccc(F)cc4)CC3)nc(=O)n2CCC=O)C1C. The third-order valence-electron chi connectivity index (χ3n) is 8.22. The molecule has 11 heteroatoms. The van der Waals surface area contributed by atoms with Crippen LogP contribution in [-0.2, 0) is 20.9 Å². The van der Waals surface area contributed by atoms with Gasteiger partial charge in [-0.25, -0.2) is 18.6 Å². The van der Waals surface area contributed by atoms with E-state index in [4.69, 9.17) is 9.73 Å². The molecule has 43 heavy (non-hydrogen) atoms. The number of rotatable bonds is 9. The number of carbonyl (C=O) groups is 2. The van der Waals surface area contributed by atoms with Crippen molar-refractivity contribution in [3.8, 4) is 0 Å². The van der Waals surface area contributed by atoms with Crippen LogP contribution in [-0.4, -0.2) is 65.2 Å². The zero-order valence-electron chi connectivity index (χ0n) is 24.5. The molecule has 5 rings (SSSR count). The summed E-state index contributed by atoms with van der Waals surface area (Å²) in [5, 5.41) is 0. The Labute approximate surface area is 248 Å². The number of aromatic nitrogens is 2. The van der Waals surface area contributed by atoms with Crippen molar-refractivity contribution < 1.29 is 23.1 Å². The highest BCUT2D eigenvalue weighted by Gasteiger charge is 2.40. The maximum Gasteiger partial charge on any atom is 0.351 e. The van der Waals surface area contributed by atoms with Crippen LogP contribution in [0, 0.1) is 17.6 Å². The Morgan fingerprint density at radius 3 is 2.14 bits per heavy atom. The summed E-state index contributed by atoms with van der Waals surface area (Å²) in [4.78, 5) is 50.8. The van der Waals surface area contributed by atoms with Crippen molar-refractivity contribution >= 4 is 29.6 Å². The minimum atomic E-state index is -0.632. The Morgan fingerprint density at radius 2 is 1.60 bits per heavy atom. The number of nitrogens with zero attached hydrogens (tertiary/aromatic N) is 5. The third kappa shape index (κ3) is 6.13. The number of aldehydes is 1. The summed E-state index contributed by atoms with van der Waals surface area (Å²) < 4.78 is 34.3. The molecule has 226 valence electrons. The van der Waals surface area contributed by atoms with Crippen LogP contribution in [0.4, 0.5) is 20.4 Å². The Kier molecular flexibility index (Phi) is 9.10. The molecule has 0 spiro atoms. The van der Waals surface area contributed by atoms with Crippen LogP contribution in [0.2, 0.25) is 0 Å². The van der Waals surface area contributed by atoms with E-state index in [0.717, 1.165) is 17.4 Å². The number of halogens is 2. The largest absolute Gasteiger partial charge is 0.465 e. The highest BCUT2D eigenvalue weighted by atomic mass is 19.1. The van der Waals surface area contributed by atoms with E-state index in [9.17, 15) is 23.2 Å². The molecular formula is C32H35F2N5O4. The summed E-state index contributed by atoms with van der Waals surface area (Å²) >= 11 is 0. The number of fused-ring (bicyclic) bond motifs is 1. The number of hydrogen-bond acceptors (Lipinski definition) is 8. The van der Waals surface area contributed by atoms with Crippen LogP contribution in [0.1, 0.15) is 55.8 Å². The zero-order chi connectivity index (χ0) is 30.7. The van der Waals surface area contributed by atoms with E-state index in [1.54, 1.807) is 38.1 Å². The van der Waals surface area contributed by atoms with Crippen LogP contribution in [0.3, 0.4) is 0 Å². The van der Waals surface area contributed by atoms with E-state index in [2.05, 4.69) is 9.88 Å². The summed E-state index contributed by atoms with van der Waals surface area (Å²) in [7, 11) is 0. The minimum Gasteiger partial charge on any atom is -0.465 e. The van der Waals surface area contributed by atoms with Crippen LogP contribution in [0.15, 0.2) is 58.3 Å². The molecule has 0 aliphatic carbocycles. The second kappa shape index (κ2) is 12.9. The molecule has 0 N–H and O–H groups in total. The smallest absolute Gasteiger partial charge is 0.351 e. The molecule has 0 bridgehead atoms. The maximum atomic E-state index is 13.8. The fraction of sp³-hybridized carbons (Fsp3) is 0.406. The molecule has 2 aliphatic rings. The first kappa shape index (κ1) is 30.2. The number of benzene rings is 2. The van der Waals surface area contributed by atoms with Crippen molar-refractivity contribution in [3.05, 3.63) is 87.3 Å². The normalized spacial score (nSPS) is 18.7. The van der Waals surface area contributed by atoms with E-state index in [0.29, 0.717) is 49.1 Å². The molecule has 1 fully saturated rings. The Hall–Kier alpha value is -4.25. The van der Waals surface area contributed by atoms with Gasteiger partial charge < -0.3 is 14.4 Å². The highest BCUT2D eigenvalue weighted by Crippen LogP contribution is 2.43. The van der Waals surface area contributed by atoms with Gasteiger partial charge in [-0.1, -0.05) is 31.2 Å². The van der Waals surface area contributed by atoms with Gasteiger partial charge in [-0.05, 0) is 49.2 Å². The van der Waals surface area contributed by atoms with Crippen molar-refractivity contribution in [2.24, 2.45) is 10.9 Å². The minimum absolute atomic E-state index is 0.129. The van der Waals surface area contributed by atoms with Crippen molar-refractivity contribution in [2.45, 2.75) is 45.7 Å². The number of esters is 1. The summed E-state index contributed by atoms with van der Waals surface area (Å²) in [6.45, 7) is 7.94. The number of aliphatic imine (C=N–C) groups is 1. The van der Waals surface area contributed by atoms with E-state index in [1.165, 1.54) is 28.8 Å². The lowest BCUT2D eigenvalue weighted by Crippen LogP contribution is -2.49. The van der Waals surface area contributed by atoms with Gasteiger partial charge in [-0.2, -0.15) is 4.98 Å². The maximum absolute atomic E-state index is 13.8. The molecule has 2 atom stereocenters. The number of anilines is 1. The average Bonchev–Trinajstić information content (AvgIpc) is 2.99. The molecular weight excluding hydrogens is 556 g/mol. The van der Waals surface area contributed by atoms with Gasteiger partial charge in [0.1, 0.15) is 35.5 Å². The standard InChI is InChI=1S/C32H35F2N5O4/c1-4-43-31(41)26-20(2)27-29(36-32(42)39(14-5-19-40)30(27)35-21(26)3)38-17-15-37(16-18-38)28(22-6-10-24(33)11-7-22)23-8-12-25(34)13-9-23/h6-13,19-20,26,28H,4-5,14-18H2,1-3H3. The fourth-order valence-electron chi connectivity index (χ4n) is 6.17. The molecule has 2 unspecified atom stereocenters. The van der Waals surface area contributed by atoms with E-state index < -0.39 is 11.6 Å². The van der Waals surface area contributed by atoms with Crippen molar-refractivity contribution in [2.75, 3.05) is 37.7 Å². The quantitative estimate of drug-likeness (QED) is 0.269. The summed E-state index contributed by atoms with van der Waals surface area (Å²) in [6, 6.07) is 12.4. The zero-order valence-corrected chi connectivity index (χ0v) is 24.5. The molecule has 3 aromatic rings. The van der Waals surface area contributed by atoms with Gasteiger partial charge in [-0.3, -0.25) is 14.3 Å². The number of carbonyl (C=O) groups excluding carboxylic acids is 2. The Bertz CT molecular complexity index is 1520. The van der Waals surface area contributed by atoms with Crippen LogP contribution in [0.25, 0.3) is 0 Å². The molecule has 2 aromatic carbocycles. The first-order valence-corrected chi connectivity index (χ1v) is 14.5. The van der Waals surface area contributed by atoms with Gasteiger partial charge in [-0.15, -0.1) is 0 Å². The lowest BCUT2D eigenvalue weighted by Gasteiger charge is -2.41. The van der Waals surface area contributed by atoms with Gasteiger partial charge in [0.05, 0.1) is 12.6 Å². The molecule has 1 aromatic heterocycles. The summed E-state index contributed by atoms with van der Waals surface area (Å²) in [6.07, 6.45) is 0.874. The van der Waals surface area contributed by atoms with Crippen molar-refractivity contribution in [1.82, 2.24) is 14.5 Å². The lowest BCUT2D eigenvalue weighted by molar-refractivity contribution is -0.146. The van der Waals surface area contributed by atoms with Gasteiger partial charge in [0.2, 0.25) is 0 Å². The van der Waals surface area contributed by atoms with Gasteiger partial charge in [0, 0.05) is 56.3 Å². The Morgan fingerprint density at radius 1 is 1.02 bits per heavy atom. The predicted octanol–water partition coefficient (Wildman–Crippen LogP) is 4.41. The molecule has 1 saturated heterocycles. The number of ether oxygens (including phenoxy) is 1. The second-order valence-electron chi connectivity index (χ2n) is 10.9. The predicted molar refractivity (Wildman–Crippen MR) is 159 cm³/mol. The molecule has 2 aliphatic heterocycles.